The van der Waals surface area contributed by atoms with Gasteiger partial charge in [-0.1, -0.05) is 23.8 Å². The second kappa shape index (κ2) is 10.3. The smallest absolute Gasteiger partial charge is 0.229 e. The second-order valence-corrected chi connectivity index (χ2v) is 8.89. The Labute approximate surface area is 205 Å². The number of fused-ring (bicyclic) bond motifs is 1. The molecule has 10 nitrogen and oxygen atoms in total. The molecule has 2 heterocycles. The molecule has 0 bridgehead atoms. The van der Waals surface area contributed by atoms with Crippen molar-refractivity contribution in [2.75, 3.05) is 6.61 Å². The molecule has 3 unspecified atom stereocenters. The quantitative estimate of drug-likeness (QED) is 0.273. The fraction of sp³-hybridized carbons (Fsp3) is 0.346. The van der Waals surface area contributed by atoms with Gasteiger partial charge >= 0.3 is 0 Å². The number of benzene rings is 2. The number of hydrogen-bond donors (Lipinski definition) is 6. The van der Waals surface area contributed by atoms with E-state index in [9.17, 15) is 35.4 Å². The minimum absolute atomic E-state index is 0.0132. The molecular weight excluding hydrogens is 472 g/mol. The maximum absolute atomic E-state index is 13.5. The molecule has 1 fully saturated rings. The number of aliphatic hydroxyl groups is 4. The van der Waals surface area contributed by atoms with Crippen LogP contribution in [0.3, 0.4) is 0 Å². The molecule has 1 aliphatic rings. The molecule has 0 radical (unpaired) electrons. The Hall–Kier alpha value is -3.41. The first-order valence-electron chi connectivity index (χ1n) is 11.3. The van der Waals surface area contributed by atoms with Crippen LogP contribution in [0.15, 0.2) is 57.3 Å². The van der Waals surface area contributed by atoms with Crippen LogP contribution >= 0.6 is 0 Å². The molecule has 2 aromatic carbocycles. The van der Waals surface area contributed by atoms with Crippen molar-refractivity contribution < 1.29 is 44.5 Å². The zero-order chi connectivity index (χ0) is 26.1. The van der Waals surface area contributed by atoms with Crippen LogP contribution < -0.4 is 10.2 Å². The summed E-state index contributed by atoms with van der Waals surface area (Å²) in [5.41, 5.74) is 1.26. The van der Waals surface area contributed by atoms with Gasteiger partial charge in [-0.05, 0) is 31.5 Å². The minimum atomic E-state index is -1.65. The summed E-state index contributed by atoms with van der Waals surface area (Å²) in [6.45, 7) is 3.17. The molecule has 1 aromatic heterocycles. The van der Waals surface area contributed by atoms with Crippen molar-refractivity contribution in [1.29, 1.82) is 0 Å². The van der Waals surface area contributed by atoms with E-state index in [1.807, 2.05) is 19.9 Å². The van der Waals surface area contributed by atoms with Crippen molar-refractivity contribution in [2.24, 2.45) is 0 Å². The fourth-order valence-corrected chi connectivity index (χ4v) is 4.05. The summed E-state index contributed by atoms with van der Waals surface area (Å²) in [7, 11) is 0. The van der Waals surface area contributed by atoms with E-state index < -0.39 is 48.5 Å². The van der Waals surface area contributed by atoms with Gasteiger partial charge in [0.05, 0.1) is 12.2 Å². The molecule has 1 saturated heterocycles. The molecular formula is C26H28O10. The molecule has 0 amide bonds. The van der Waals surface area contributed by atoms with Crippen LogP contribution in [0.4, 0.5) is 0 Å². The molecule has 0 saturated carbocycles. The SMILES string of the molecule is CC(C)=CCc1oc2cc(O[C@@H]3OC(CO)[C@@H](O)C(O)C3O)cc(O)c2c(=O)c1-c1ccc(O)cc1. The van der Waals surface area contributed by atoms with Gasteiger partial charge < -0.3 is 44.5 Å². The first-order valence-corrected chi connectivity index (χ1v) is 11.3. The van der Waals surface area contributed by atoms with E-state index in [0.717, 1.165) is 11.6 Å². The molecule has 5 atom stereocenters. The number of aromatic hydroxyl groups is 2. The summed E-state index contributed by atoms with van der Waals surface area (Å²) in [4.78, 5) is 13.5. The van der Waals surface area contributed by atoms with Crippen LogP contribution in [0.25, 0.3) is 22.1 Å². The van der Waals surface area contributed by atoms with E-state index in [4.69, 9.17) is 13.9 Å². The van der Waals surface area contributed by atoms with Gasteiger partial charge in [-0.15, -0.1) is 0 Å². The van der Waals surface area contributed by atoms with Crippen molar-refractivity contribution in [3.8, 4) is 28.4 Å². The van der Waals surface area contributed by atoms with Crippen LogP contribution in [0, 0.1) is 0 Å². The van der Waals surface area contributed by atoms with Crippen LogP contribution in [0.5, 0.6) is 17.2 Å². The lowest BCUT2D eigenvalue weighted by Crippen LogP contribution is -2.60. The van der Waals surface area contributed by atoms with E-state index in [2.05, 4.69) is 0 Å². The second-order valence-electron chi connectivity index (χ2n) is 8.89. The van der Waals surface area contributed by atoms with E-state index in [-0.39, 0.29) is 34.5 Å². The molecule has 6 N–H and O–H groups in total. The third-order valence-electron chi connectivity index (χ3n) is 5.97. The zero-order valence-corrected chi connectivity index (χ0v) is 19.7. The van der Waals surface area contributed by atoms with Crippen molar-refractivity contribution >= 4 is 11.0 Å². The van der Waals surface area contributed by atoms with Crippen LogP contribution in [0.1, 0.15) is 19.6 Å². The van der Waals surface area contributed by atoms with Crippen LogP contribution in [-0.4, -0.2) is 68.0 Å². The molecule has 36 heavy (non-hydrogen) atoms. The summed E-state index contributed by atoms with van der Waals surface area (Å²) in [6, 6.07) is 8.52. The Morgan fingerprint density at radius 2 is 1.72 bits per heavy atom. The molecule has 0 spiro atoms. The number of phenols is 2. The first kappa shape index (κ1) is 25.7. The standard InChI is InChI=1S/C26H28O10/c1-12(2)3-8-17-20(13-4-6-14(28)7-5-13)23(31)21-16(29)9-15(10-18(21)35-17)34-26-25(33)24(32)22(30)19(11-27)36-26/h3-7,9-10,19,22,24-30,32-33H,8,11H2,1-2H3/t19?,22-,24?,25?,26-/m1/s1. The summed E-state index contributed by atoms with van der Waals surface area (Å²) in [5.74, 6) is -0.135. The third kappa shape index (κ3) is 4.95. The Bertz CT molecular complexity index is 1320. The lowest BCUT2D eigenvalue weighted by molar-refractivity contribution is -0.277. The van der Waals surface area contributed by atoms with Crippen molar-refractivity contribution in [1.82, 2.24) is 0 Å². The Kier molecular flexibility index (Phi) is 7.34. The lowest BCUT2D eigenvalue weighted by Gasteiger charge is -2.39. The Balaban J connectivity index is 1.80. The zero-order valence-electron chi connectivity index (χ0n) is 19.7. The van der Waals surface area contributed by atoms with Gasteiger partial charge in [0.2, 0.25) is 11.7 Å². The van der Waals surface area contributed by atoms with Gasteiger partial charge in [0.15, 0.2) is 0 Å². The largest absolute Gasteiger partial charge is 0.508 e. The highest BCUT2D eigenvalue weighted by molar-refractivity contribution is 5.89. The number of hydrogen-bond acceptors (Lipinski definition) is 10. The monoisotopic (exact) mass is 500 g/mol. The predicted molar refractivity (Wildman–Crippen MR) is 129 cm³/mol. The summed E-state index contributed by atoms with van der Waals surface area (Å²) >= 11 is 0. The minimum Gasteiger partial charge on any atom is -0.508 e. The lowest BCUT2D eigenvalue weighted by atomic mass is 9.99. The Morgan fingerprint density at radius 1 is 1.03 bits per heavy atom. The molecule has 1 aliphatic heterocycles. The van der Waals surface area contributed by atoms with E-state index in [1.54, 1.807) is 12.1 Å². The number of rotatable bonds is 6. The van der Waals surface area contributed by atoms with Crippen molar-refractivity contribution in [2.45, 2.75) is 51.0 Å². The predicted octanol–water partition coefficient (Wildman–Crippen LogP) is 1.56. The van der Waals surface area contributed by atoms with E-state index >= 15 is 0 Å². The molecule has 0 aliphatic carbocycles. The van der Waals surface area contributed by atoms with Gasteiger partial charge in [-0.25, -0.2) is 0 Å². The van der Waals surface area contributed by atoms with Gasteiger partial charge in [-0.3, -0.25) is 4.79 Å². The number of aliphatic hydroxyl groups excluding tert-OH is 4. The highest BCUT2D eigenvalue weighted by Crippen LogP contribution is 2.34. The van der Waals surface area contributed by atoms with Gasteiger partial charge in [0, 0.05) is 18.6 Å². The maximum Gasteiger partial charge on any atom is 0.229 e. The summed E-state index contributed by atoms with van der Waals surface area (Å²) in [6.07, 6.45) is -5.35. The maximum atomic E-state index is 13.5. The molecule has 192 valence electrons. The number of ether oxygens (including phenoxy) is 2. The topological polar surface area (TPSA) is 170 Å². The van der Waals surface area contributed by atoms with Gasteiger partial charge in [0.1, 0.15) is 58.4 Å². The third-order valence-corrected chi connectivity index (χ3v) is 5.97. The average Bonchev–Trinajstić information content (AvgIpc) is 2.83. The Morgan fingerprint density at radius 3 is 2.36 bits per heavy atom. The molecule has 10 heteroatoms. The highest BCUT2D eigenvalue weighted by atomic mass is 16.7. The van der Waals surface area contributed by atoms with Crippen molar-refractivity contribution in [3.05, 3.63) is 64.0 Å². The highest BCUT2D eigenvalue weighted by Gasteiger charge is 2.44. The van der Waals surface area contributed by atoms with Gasteiger partial charge in [-0.2, -0.15) is 0 Å². The number of phenolic OH excluding ortho intramolecular Hbond substituents is 2. The molecule has 4 rings (SSSR count). The number of allylic oxidation sites excluding steroid dienone is 2. The van der Waals surface area contributed by atoms with Crippen LogP contribution in [0.2, 0.25) is 0 Å². The van der Waals surface area contributed by atoms with E-state index in [1.165, 1.54) is 18.2 Å². The van der Waals surface area contributed by atoms with Gasteiger partial charge in [0.25, 0.3) is 0 Å². The summed E-state index contributed by atoms with van der Waals surface area (Å²) in [5, 5.41) is 59.9. The molecule has 3 aromatic rings. The van der Waals surface area contributed by atoms with E-state index in [0.29, 0.717) is 11.3 Å². The van der Waals surface area contributed by atoms with Crippen molar-refractivity contribution in [3.63, 3.8) is 0 Å². The normalized spacial score (nSPS) is 24.0. The average molecular weight is 501 g/mol. The fourth-order valence-electron chi connectivity index (χ4n) is 4.05. The van der Waals surface area contributed by atoms with Crippen LogP contribution in [-0.2, 0) is 11.2 Å². The first-order chi connectivity index (χ1) is 17.1. The summed E-state index contributed by atoms with van der Waals surface area (Å²) < 4.78 is 17.0.